The SMILES string of the molecule is CCC1CCCC(C(O)Cc2cc(Br)cc3c2OCC3)C1. The molecule has 3 rings (SSSR count). The summed E-state index contributed by atoms with van der Waals surface area (Å²) in [6.45, 7) is 3.05. The van der Waals surface area contributed by atoms with Gasteiger partial charge in [0.2, 0.25) is 0 Å². The maximum atomic E-state index is 10.7. The summed E-state index contributed by atoms with van der Waals surface area (Å²) in [5.41, 5.74) is 2.45. The summed E-state index contributed by atoms with van der Waals surface area (Å²) < 4.78 is 6.88. The van der Waals surface area contributed by atoms with E-state index >= 15 is 0 Å². The normalized spacial score (nSPS) is 26.2. The maximum Gasteiger partial charge on any atom is 0.125 e. The van der Waals surface area contributed by atoms with E-state index in [1.165, 1.54) is 43.2 Å². The highest BCUT2D eigenvalue weighted by Gasteiger charge is 2.28. The van der Waals surface area contributed by atoms with Crippen molar-refractivity contribution in [3.63, 3.8) is 0 Å². The Kier molecular flexibility index (Phi) is 4.90. The molecule has 0 aromatic heterocycles. The van der Waals surface area contributed by atoms with Gasteiger partial charge in [-0.15, -0.1) is 0 Å². The summed E-state index contributed by atoms with van der Waals surface area (Å²) in [5.74, 6) is 2.29. The van der Waals surface area contributed by atoms with Crippen molar-refractivity contribution in [1.82, 2.24) is 0 Å². The van der Waals surface area contributed by atoms with E-state index in [4.69, 9.17) is 4.74 Å². The fraction of sp³-hybridized carbons (Fsp3) is 0.667. The lowest BCUT2D eigenvalue weighted by atomic mass is 9.76. The first-order valence-electron chi connectivity index (χ1n) is 8.29. The van der Waals surface area contributed by atoms with Crippen LogP contribution in [0.3, 0.4) is 0 Å². The van der Waals surface area contributed by atoms with E-state index in [9.17, 15) is 5.11 Å². The van der Waals surface area contributed by atoms with Crippen LogP contribution in [-0.2, 0) is 12.8 Å². The third-order valence-corrected chi connectivity index (χ3v) is 5.66. The molecular formula is C18H25BrO2. The van der Waals surface area contributed by atoms with Gasteiger partial charge < -0.3 is 9.84 Å². The number of aliphatic hydroxyl groups excluding tert-OH is 1. The Morgan fingerprint density at radius 3 is 3.05 bits per heavy atom. The lowest BCUT2D eigenvalue weighted by Gasteiger charge is -2.32. The van der Waals surface area contributed by atoms with Crippen LogP contribution in [0.25, 0.3) is 0 Å². The minimum absolute atomic E-state index is 0.234. The Balaban J connectivity index is 1.71. The van der Waals surface area contributed by atoms with E-state index in [-0.39, 0.29) is 6.10 Å². The molecule has 0 bridgehead atoms. The van der Waals surface area contributed by atoms with Crippen molar-refractivity contribution in [3.05, 3.63) is 27.7 Å². The number of ether oxygens (including phenoxy) is 1. The van der Waals surface area contributed by atoms with E-state index in [2.05, 4.69) is 35.0 Å². The van der Waals surface area contributed by atoms with E-state index in [0.29, 0.717) is 5.92 Å². The molecule has 1 aromatic rings. The molecule has 1 aliphatic carbocycles. The van der Waals surface area contributed by atoms with Gasteiger partial charge in [-0.3, -0.25) is 0 Å². The van der Waals surface area contributed by atoms with Crippen molar-refractivity contribution in [2.45, 2.75) is 58.0 Å². The van der Waals surface area contributed by atoms with Gasteiger partial charge in [-0.25, -0.2) is 0 Å². The minimum atomic E-state index is -0.234. The summed E-state index contributed by atoms with van der Waals surface area (Å²) in [4.78, 5) is 0. The Bertz CT molecular complexity index is 500. The zero-order chi connectivity index (χ0) is 14.8. The molecule has 3 unspecified atom stereocenters. The van der Waals surface area contributed by atoms with Crippen molar-refractivity contribution >= 4 is 15.9 Å². The molecule has 3 heteroatoms. The molecule has 21 heavy (non-hydrogen) atoms. The summed E-state index contributed by atoms with van der Waals surface area (Å²) in [6.07, 6.45) is 7.70. The Labute approximate surface area is 136 Å². The van der Waals surface area contributed by atoms with Crippen molar-refractivity contribution in [2.75, 3.05) is 6.61 Å². The van der Waals surface area contributed by atoms with Gasteiger partial charge in [-0.1, -0.05) is 42.1 Å². The van der Waals surface area contributed by atoms with Crippen LogP contribution in [0.15, 0.2) is 16.6 Å². The zero-order valence-electron chi connectivity index (χ0n) is 12.8. The molecule has 1 heterocycles. The van der Waals surface area contributed by atoms with Crippen LogP contribution in [0.1, 0.15) is 50.2 Å². The van der Waals surface area contributed by atoms with Crippen molar-refractivity contribution in [3.8, 4) is 5.75 Å². The third-order valence-electron chi connectivity index (χ3n) is 5.20. The number of benzene rings is 1. The van der Waals surface area contributed by atoms with Gasteiger partial charge in [0.25, 0.3) is 0 Å². The second kappa shape index (κ2) is 6.70. The molecule has 2 nitrogen and oxygen atoms in total. The monoisotopic (exact) mass is 352 g/mol. The van der Waals surface area contributed by atoms with E-state index in [1.54, 1.807) is 0 Å². The summed E-state index contributed by atoms with van der Waals surface area (Å²) in [7, 11) is 0. The third kappa shape index (κ3) is 3.45. The predicted molar refractivity (Wildman–Crippen MR) is 88.8 cm³/mol. The molecule has 1 N–H and O–H groups in total. The molecule has 0 saturated heterocycles. The van der Waals surface area contributed by atoms with Gasteiger partial charge >= 0.3 is 0 Å². The molecule has 0 spiro atoms. The molecule has 116 valence electrons. The fourth-order valence-electron chi connectivity index (χ4n) is 3.94. The van der Waals surface area contributed by atoms with Crippen LogP contribution in [0, 0.1) is 11.8 Å². The fourth-order valence-corrected chi connectivity index (χ4v) is 4.50. The Morgan fingerprint density at radius 1 is 1.38 bits per heavy atom. The number of aliphatic hydroxyl groups is 1. The average molecular weight is 353 g/mol. The van der Waals surface area contributed by atoms with Crippen LogP contribution in [-0.4, -0.2) is 17.8 Å². The highest BCUT2D eigenvalue weighted by atomic mass is 79.9. The number of hydrogen-bond donors (Lipinski definition) is 1. The largest absolute Gasteiger partial charge is 0.493 e. The van der Waals surface area contributed by atoms with Gasteiger partial charge in [0, 0.05) is 17.3 Å². The zero-order valence-corrected chi connectivity index (χ0v) is 14.4. The van der Waals surface area contributed by atoms with Crippen LogP contribution in [0.5, 0.6) is 5.75 Å². The van der Waals surface area contributed by atoms with Crippen molar-refractivity contribution in [1.29, 1.82) is 0 Å². The molecule has 1 aliphatic heterocycles. The molecule has 2 aliphatic rings. The summed E-state index contributed by atoms with van der Waals surface area (Å²) >= 11 is 3.59. The first-order chi connectivity index (χ1) is 10.2. The molecule has 1 aromatic carbocycles. The average Bonchev–Trinajstić information content (AvgIpc) is 2.95. The number of fused-ring (bicyclic) bond motifs is 1. The summed E-state index contributed by atoms with van der Waals surface area (Å²) in [6, 6.07) is 4.26. The molecular weight excluding hydrogens is 328 g/mol. The van der Waals surface area contributed by atoms with E-state index in [0.717, 1.165) is 35.6 Å². The van der Waals surface area contributed by atoms with Crippen LogP contribution in [0.2, 0.25) is 0 Å². The lowest BCUT2D eigenvalue weighted by Crippen LogP contribution is -2.28. The summed E-state index contributed by atoms with van der Waals surface area (Å²) in [5, 5.41) is 10.7. The quantitative estimate of drug-likeness (QED) is 0.863. The smallest absolute Gasteiger partial charge is 0.125 e. The Morgan fingerprint density at radius 2 is 2.24 bits per heavy atom. The molecule has 0 amide bonds. The van der Waals surface area contributed by atoms with Gasteiger partial charge in [0.05, 0.1) is 12.7 Å². The first-order valence-corrected chi connectivity index (χ1v) is 9.08. The minimum Gasteiger partial charge on any atom is -0.493 e. The van der Waals surface area contributed by atoms with Crippen LogP contribution >= 0.6 is 15.9 Å². The van der Waals surface area contributed by atoms with Gasteiger partial charge in [-0.05, 0) is 47.9 Å². The maximum absolute atomic E-state index is 10.7. The number of halogens is 1. The van der Waals surface area contributed by atoms with Crippen LogP contribution < -0.4 is 4.74 Å². The highest BCUT2D eigenvalue weighted by molar-refractivity contribution is 9.10. The van der Waals surface area contributed by atoms with E-state index < -0.39 is 0 Å². The standard InChI is InChI=1S/C18H25BrO2/c1-2-12-4-3-5-13(8-12)17(20)11-15-10-16(19)9-14-6-7-21-18(14)15/h9-10,12-13,17,20H,2-8,11H2,1H3. The van der Waals surface area contributed by atoms with Crippen molar-refractivity contribution in [2.24, 2.45) is 11.8 Å². The molecule has 0 radical (unpaired) electrons. The van der Waals surface area contributed by atoms with E-state index in [1.807, 2.05) is 0 Å². The Hall–Kier alpha value is -0.540. The topological polar surface area (TPSA) is 29.5 Å². The van der Waals surface area contributed by atoms with Gasteiger partial charge in [0.1, 0.15) is 5.75 Å². The number of rotatable bonds is 4. The molecule has 3 atom stereocenters. The van der Waals surface area contributed by atoms with Crippen LogP contribution in [0.4, 0.5) is 0 Å². The van der Waals surface area contributed by atoms with Gasteiger partial charge in [-0.2, -0.15) is 0 Å². The van der Waals surface area contributed by atoms with Gasteiger partial charge in [0.15, 0.2) is 0 Å². The lowest BCUT2D eigenvalue weighted by molar-refractivity contribution is 0.0680. The van der Waals surface area contributed by atoms with Crippen molar-refractivity contribution < 1.29 is 9.84 Å². The molecule has 1 fully saturated rings. The number of hydrogen-bond acceptors (Lipinski definition) is 2. The molecule has 1 saturated carbocycles. The highest BCUT2D eigenvalue weighted by Crippen LogP contribution is 2.37. The first kappa shape index (κ1) is 15.4. The second-order valence-electron chi connectivity index (χ2n) is 6.62. The second-order valence-corrected chi connectivity index (χ2v) is 7.54. The predicted octanol–water partition coefficient (Wildman–Crippen LogP) is 4.50.